The number of carbonyl (C=O) groups excluding carboxylic acids is 2. The van der Waals surface area contributed by atoms with Gasteiger partial charge in [0, 0.05) is 28.2 Å². The SMILES string of the molecule is CC[C@H](C(=O)NC1CCCC1)N(Cc1c(Cl)cccc1Cl)C(=O)CN(c1ccc(C)cc1)S(=O)(=O)c1ccc(OC)cc1. The summed E-state index contributed by atoms with van der Waals surface area (Å²) < 4.78 is 34.3. The highest BCUT2D eigenvalue weighted by molar-refractivity contribution is 7.92. The van der Waals surface area contributed by atoms with Crippen LogP contribution in [0.5, 0.6) is 5.75 Å². The maximum Gasteiger partial charge on any atom is 0.264 e. The van der Waals surface area contributed by atoms with E-state index in [2.05, 4.69) is 5.32 Å². The van der Waals surface area contributed by atoms with Gasteiger partial charge in [0.2, 0.25) is 11.8 Å². The fraction of sp³-hybridized carbons (Fsp3) is 0.375. The minimum atomic E-state index is -4.20. The summed E-state index contributed by atoms with van der Waals surface area (Å²) in [7, 11) is -2.71. The highest BCUT2D eigenvalue weighted by Gasteiger charge is 2.35. The molecule has 1 aliphatic rings. The monoisotopic (exact) mass is 645 g/mol. The first-order valence-corrected chi connectivity index (χ1v) is 16.5. The molecule has 0 unspecified atom stereocenters. The number of carbonyl (C=O) groups is 2. The van der Waals surface area contributed by atoms with Crippen molar-refractivity contribution in [3.63, 3.8) is 0 Å². The predicted octanol–water partition coefficient (Wildman–Crippen LogP) is 6.37. The van der Waals surface area contributed by atoms with E-state index in [0.717, 1.165) is 35.6 Å². The molecule has 0 heterocycles. The fourth-order valence-corrected chi connectivity index (χ4v) is 7.19. The van der Waals surface area contributed by atoms with E-state index in [0.29, 0.717) is 33.5 Å². The van der Waals surface area contributed by atoms with Gasteiger partial charge in [0.05, 0.1) is 17.7 Å². The van der Waals surface area contributed by atoms with E-state index >= 15 is 0 Å². The molecule has 1 aliphatic carbocycles. The number of anilines is 1. The van der Waals surface area contributed by atoms with Crippen molar-refractivity contribution >= 4 is 50.7 Å². The molecule has 1 atom stereocenters. The standard InChI is InChI=1S/C32H37Cl2N3O5S/c1-4-30(32(39)35-23-8-5-6-9-23)36(20-27-28(33)10-7-11-29(27)34)31(38)21-37(24-14-12-22(2)13-15-24)43(40,41)26-18-16-25(42-3)17-19-26/h7,10-19,23,30H,4-6,8-9,20-21H2,1-3H3,(H,35,39)/t30-/m1/s1. The Kier molecular flexibility index (Phi) is 11.0. The van der Waals surface area contributed by atoms with Crippen molar-refractivity contribution in [2.75, 3.05) is 18.0 Å². The average Bonchev–Trinajstić information content (AvgIpc) is 3.50. The quantitative estimate of drug-likeness (QED) is 0.247. The molecule has 230 valence electrons. The number of hydrogen-bond donors (Lipinski definition) is 1. The molecule has 0 radical (unpaired) electrons. The van der Waals surface area contributed by atoms with E-state index in [-0.39, 0.29) is 23.4 Å². The summed E-state index contributed by atoms with van der Waals surface area (Å²) in [5.41, 5.74) is 1.72. The summed E-state index contributed by atoms with van der Waals surface area (Å²) in [6.45, 7) is 3.09. The zero-order valence-electron chi connectivity index (χ0n) is 24.6. The number of benzene rings is 3. The Hall–Kier alpha value is -3.27. The lowest BCUT2D eigenvalue weighted by atomic mass is 10.1. The maximum atomic E-state index is 14.3. The van der Waals surface area contributed by atoms with Crippen molar-refractivity contribution in [2.24, 2.45) is 0 Å². The Balaban J connectivity index is 1.74. The van der Waals surface area contributed by atoms with Crippen LogP contribution in [0.3, 0.4) is 0 Å². The molecule has 3 aromatic rings. The lowest BCUT2D eigenvalue weighted by molar-refractivity contribution is -0.140. The van der Waals surface area contributed by atoms with Gasteiger partial charge in [-0.15, -0.1) is 0 Å². The number of hydrogen-bond acceptors (Lipinski definition) is 5. The second-order valence-corrected chi connectivity index (χ2v) is 13.3. The summed E-state index contributed by atoms with van der Waals surface area (Å²) in [4.78, 5) is 29.3. The first-order valence-electron chi connectivity index (χ1n) is 14.3. The highest BCUT2D eigenvalue weighted by atomic mass is 35.5. The van der Waals surface area contributed by atoms with Crippen LogP contribution in [0.25, 0.3) is 0 Å². The van der Waals surface area contributed by atoms with E-state index in [1.54, 1.807) is 54.6 Å². The first kappa shape index (κ1) is 32.6. The Labute approximate surface area is 264 Å². The topological polar surface area (TPSA) is 96.0 Å². The van der Waals surface area contributed by atoms with Crippen LogP contribution in [-0.2, 0) is 26.2 Å². The van der Waals surface area contributed by atoms with Crippen LogP contribution in [0.15, 0.2) is 71.6 Å². The Morgan fingerprint density at radius 2 is 1.58 bits per heavy atom. The number of ether oxygens (including phenoxy) is 1. The van der Waals surface area contributed by atoms with Crippen LogP contribution >= 0.6 is 23.2 Å². The van der Waals surface area contributed by atoms with Gasteiger partial charge in [0.25, 0.3) is 10.0 Å². The largest absolute Gasteiger partial charge is 0.497 e. The summed E-state index contributed by atoms with van der Waals surface area (Å²) in [5, 5.41) is 3.79. The third-order valence-corrected chi connectivity index (χ3v) is 10.2. The molecule has 43 heavy (non-hydrogen) atoms. The Bertz CT molecular complexity index is 1510. The van der Waals surface area contributed by atoms with Gasteiger partial charge in [-0.25, -0.2) is 8.42 Å². The molecule has 1 saturated carbocycles. The molecule has 8 nitrogen and oxygen atoms in total. The van der Waals surface area contributed by atoms with E-state index in [1.807, 2.05) is 13.8 Å². The minimum Gasteiger partial charge on any atom is -0.497 e. The van der Waals surface area contributed by atoms with Crippen LogP contribution in [0.2, 0.25) is 10.0 Å². The predicted molar refractivity (Wildman–Crippen MR) is 170 cm³/mol. The van der Waals surface area contributed by atoms with Crippen molar-refractivity contribution in [3.05, 3.63) is 87.9 Å². The third-order valence-electron chi connectivity index (χ3n) is 7.73. The molecular formula is C32H37Cl2N3O5S. The van der Waals surface area contributed by atoms with Crippen LogP contribution in [0.4, 0.5) is 5.69 Å². The van der Waals surface area contributed by atoms with Crippen LogP contribution in [0, 0.1) is 6.92 Å². The van der Waals surface area contributed by atoms with Crippen molar-refractivity contribution < 1.29 is 22.7 Å². The Morgan fingerprint density at radius 1 is 0.977 bits per heavy atom. The molecule has 2 amide bonds. The molecule has 1 fully saturated rings. The number of halogens is 2. The normalized spacial score (nSPS) is 14.3. The van der Waals surface area contributed by atoms with Gasteiger partial charge in [-0.2, -0.15) is 0 Å². The van der Waals surface area contributed by atoms with Gasteiger partial charge in [0.1, 0.15) is 18.3 Å². The molecule has 3 aromatic carbocycles. The summed E-state index contributed by atoms with van der Waals surface area (Å²) in [5.74, 6) is -0.355. The zero-order chi connectivity index (χ0) is 31.1. The summed E-state index contributed by atoms with van der Waals surface area (Å²) >= 11 is 13.0. The average molecular weight is 647 g/mol. The maximum absolute atomic E-state index is 14.3. The second kappa shape index (κ2) is 14.5. The van der Waals surface area contributed by atoms with E-state index < -0.39 is 28.5 Å². The van der Waals surface area contributed by atoms with E-state index in [1.165, 1.54) is 24.1 Å². The van der Waals surface area contributed by atoms with Gasteiger partial charge >= 0.3 is 0 Å². The molecule has 1 N–H and O–H groups in total. The third kappa shape index (κ3) is 7.82. The molecule has 0 spiro atoms. The highest BCUT2D eigenvalue weighted by Crippen LogP contribution is 2.29. The number of nitrogens with zero attached hydrogens (tertiary/aromatic N) is 2. The number of aryl methyl sites for hydroxylation is 1. The fourth-order valence-electron chi connectivity index (χ4n) is 5.26. The molecule has 0 saturated heterocycles. The van der Waals surface area contributed by atoms with Crippen LogP contribution in [0.1, 0.15) is 50.2 Å². The van der Waals surface area contributed by atoms with Gasteiger partial charge in [-0.3, -0.25) is 13.9 Å². The second-order valence-electron chi connectivity index (χ2n) is 10.7. The molecular weight excluding hydrogens is 609 g/mol. The molecule has 11 heteroatoms. The van der Waals surface area contributed by atoms with Gasteiger partial charge in [0.15, 0.2) is 0 Å². The zero-order valence-corrected chi connectivity index (χ0v) is 26.9. The van der Waals surface area contributed by atoms with E-state index in [9.17, 15) is 18.0 Å². The van der Waals surface area contributed by atoms with Crippen molar-refractivity contribution in [2.45, 2.75) is 69.5 Å². The van der Waals surface area contributed by atoms with E-state index in [4.69, 9.17) is 27.9 Å². The lowest BCUT2D eigenvalue weighted by Gasteiger charge is -2.34. The van der Waals surface area contributed by atoms with Crippen LogP contribution in [-0.4, -0.2) is 50.9 Å². The van der Waals surface area contributed by atoms with Crippen molar-refractivity contribution in [1.82, 2.24) is 10.2 Å². The minimum absolute atomic E-state index is 0.00612. The first-order chi connectivity index (χ1) is 20.5. The number of sulfonamides is 1. The molecule has 0 bridgehead atoms. The molecule has 4 rings (SSSR count). The van der Waals surface area contributed by atoms with Crippen molar-refractivity contribution in [3.8, 4) is 5.75 Å². The summed E-state index contributed by atoms with van der Waals surface area (Å²) in [6.07, 6.45) is 4.15. The Morgan fingerprint density at radius 3 is 2.14 bits per heavy atom. The lowest BCUT2D eigenvalue weighted by Crippen LogP contribution is -2.53. The van der Waals surface area contributed by atoms with Gasteiger partial charge in [-0.1, -0.05) is 66.7 Å². The summed E-state index contributed by atoms with van der Waals surface area (Å²) in [6, 6.07) is 17.0. The molecule has 0 aromatic heterocycles. The van der Waals surface area contributed by atoms with Gasteiger partial charge < -0.3 is 15.0 Å². The number of rotatable bonds is 12. The molecule has 0 aliphatic heterocycles. The van der Waals surface area contributed by atoms with Gasteiger partial charge in [-0.05, 0) is 74.7 Å². The van der Waals surface area contributed by atoms with Crippen LogP contribution < -0.4 is 14.4 Å². The smallest absolute Gasteiger partial charge is 0.264 e. The van der Waals surface area contributed by atoms with Crippen molar-refractivity contribution in [1.29, 1.82) is 0 Å². The number of methoxy groups -OCH3 is 1. The number of nitrogens with one attached hydrogen (secondary N) is 1. The number of amides is 2.